The van der Waals surface area contributed by atoms with Gasteiger partial charge in [-0.1, -0.05) is 6.08 Å². The third kappa shape index (κ3) is 2.27. The second kappa shape index (κ2) is 3.73. The highest BCUT2D eigenvalue weighted by Crippen LogP contribution is 2.33. The molecule has 6 heteroatoms. The molecule has 0 aliphatic carbocycles. The number of aliphatic carboxylic acids is 1. The average Bonchev–Trinajstić information content (AvgIpc) is 2.37. The Morgan fingerprint density at radius 2 is 2.36 bits per heavy atom. The molecule has 1 heterocycles. The molecule has 1 saturated heterocycles. The fraction of sp³-hybridized carbons (Fsp3) is 0.500. The molecule has 1 unspecified atom stereocenters. The van der Waals surface area contributed by atoms with E-state index in [1.54, 1.807) is 0 Å². The van der Waals surface area contributed by atoms with Crippen molar-refractivity contribution in [3.63, 3.8) is 0 Å². The van der Waals surface area contributed by atoms with Crippen molar-refractivity contribution in [3.8, 4) is 0 Å². The monoisotopic (exact) mass is 204 g/mol. The van der Waals surface area contributed by atoms with Crippen LogP contribution < -0.4 is 0 Å². The number of carboxylic acid groups (broad SMARTS) is 1. The summed E-state index contributed by atoms with van der Waals surface area (Å²) in [4.78, 5) is 10.1. The minimum Gasteiger partial charge on any atom is -0.478 e. The largest absolute Gasteiger partial charge is 0.478 e. The van der Waals surface area contributed by atoms with Crippen molar-refractivity contribution in [3.05, 3.63) is 12.2 Å². The van der Waals surface area contributed by atoms with Crippen LogP contribution in [0.1, 0.15) is 0 Å². The lowest BCUT2D eigenvalue weighted by Crippen LogP contribution is -2.25. The normalized spacial score (nSPS) is 25.6. The predicted octanol–water partition coefficient (Wildman–Crippen LogP) is 0.810. The van der Waals surface area contributed by atoms with Gasteiger partial charge in [-0.15, -0.1) is 0 Å². The Balaban J connectivity index is 2.69. The van der Waals surface area contributed by atoms with Crippen LogP contribution in [0, 0.1) is 5.92 Å². The molecule has 1 fully saturated rings. The van der Waals surface area contributed by atoms with Crippen LogP contribution in [0.4, 0.5) is 8.78 Å². The topological polar surface area (TPSA) is 52.9 Å². The van der Waals surface area contributed by atoms with Crippen LogP contribution >= 0.6 is 0 Å². The van der Waals surface area contributed by atoms with Gasteiger partial charge in [-0.25, -0.2) is 13.6 Å². The number of nitrogens with zero attached hydrogens (tertiary/aromatic N) is 2. The molecule has 1 aliphatic heterocycles. The highest BCUT2D eigenvalue weighted by Gasteiger charge is 2.46. The van der Waals surface area contributed by atoms with Gasteiger partial charge in [0, 0.05) is 19.3 Å². The third-order valence-corrected chi connectivity index (χ3v) is 2.01. The summed E-state index contributed by atoms with van der Waals surface area (Å²) in [7, 11) is 0. The lowest BCUT2D eigenvalue weighted by molar-refractivity contribution is -0.131. The van der Waals surface area contributed by atoms with Gasteiger partial charge in [0.1, 0.15) is 6.54 Å². The van der Waals surface area contributed by atoms with Gasteiger partial charge in [0.05, 0.1) is 5.92 Å². The van der Waals surface area contributed by atoms with Crippen molar-refractivity contribution in [2.45, 2.75) is 5.92 Å². The maximum Gasteiger partial charge on any atom is 0.327 e. The molecule has 0 aromatic rings. The maximum atomic E-state index is 13.1. The highest BCUT2D eigenvalue weighted by molar-refractivity contribution is 5.79. The van der Waals surface area contributed by atoms with Gasteiger partial charge < -0.3 is 5.11 Å². The average molecular weight is 204 g/mol. The molecular formula is C8H10F2N2O2. The van der Waals surface area contributed by atoms with Crippen molar-refractivity contribution in [2.75, 3.05) is 13.1 Å². The van der Waals surface area contributed by atoms with E-state index in [0.29, 0.717) is 0 Å². The molecule has 0 aromatic carbocycles. The van der Waals surface area contributed by atoms with E-state index >= 15 is 0 Å². The Hall–Kier alpha value is -1.46. The Kier molecular flexibility index (Phi) is 2.83. The number of alkyl halides is 2. The lowest BCUT2D eigenvalue weighted by Gasteiger charge is -2.12. The Bertz CT molecular complexity index is 279. The highest BCUT2D eigenvalue weighted by atomic mass is 19.3. The van der Waals surface area contributed by atoms with E-state index < -0.39 is 24.4 Å². The summed E-state index contributed by atoms with van der Waals surface area (Å²) >= 11 is 0. The number of hydrazone groups is 1. The number of carboxylic acids is 1. The van der Waals surface area contributed by atoms with E-state index in [1.165, 1.54) is 0 Å². The van der Waals surface area contributed by atoms with Gasteiger partial charge >= 0.3 is 5.97 Å². The molecule has 1 aliphatic rings. The zero-order valence-corrected chi connectivity index (χ0v) is 7.36. The maximum absolute atomic E-state index is 13.1. The molecule has 14 heavy (non-hydrogen) atoms. The molecule has 1 N–H and O–H groups in total. The second-order valence-electron chi connectivity index (χ2n) is 3.05. The third-order valence-electron chi connectivity index (χ3n) is 2.01. The van der Waals surface area contributed by atoms with Gasteiger partial charge in [0.25, 0.3) is 5.92 Å². The number of halogens is 2. The van der Waals surface area contributed by atoms with Crippen LogP contribution in [0.3, 0.4) is 0 Å². The van der Waals surface area contributed by atoms with Gasteiger partial charge in [-0.05, 0) is 0 Å². The van der Waals surface area contributed by atoms with Crippen molar-refractivity contribution in [1.29, 1.82) is 0 Å². The molecule has 1 atom stereocenters. The molecule has 1 rings (SSSR count). The number of rotatable bonds is 3. The van der Waals surface area contributed by atoms with Crippen molar-refractivity contribution < 1.29 is 18.7 Å². The zero-order valence-electron chi connectivity index (χ0n) is 7.36. The van der Waals surface area contributed by atoms with E-state index in [2.05, 4.69) is 11.8 Å². The van der Waals surface area contributed by atoms with E-state index in [1.807, 2.05) is 0 Å². The van der Waals surface area contributed by atoms with E-state index in [-0.39, 0.29) is 6.54 Å². The Labute approximate surface area is 79.5 Å². The summed E-state index contributed by atoms with van der Waals surface area (Å²) < 4.78 is 26.2. The number of hydrogen-bond acceptors (Lipinski definition) is 3. The first-order valence-electron chi connectivity index (χ1n) is 3.96. The van der Waals surface area contributed by atoms with E-state index in [0.717, 1.165) is 17.2 Å². The Morgan fingerprint density at radius 3 is 2.79 bits per heavy atom. The van der Waals surface area contributed by atoms with Gasteiger partial charge in [-0.3, -0.25) is 5.01 Å². The molecule has 0 bridgehead atoms. The Morgan fingerprint density at radius 1 is 1.71 bits per heavy atom. The minimum absolute atomic E-state index is 0.000278. The molecule has 0 amide bonds. The van der Waals surface area contributed by atoms with Crippen LogP contribution in [0.25, 0.3) is 0 Å². The summed E-state index contributed by atoms with van der Waals surface area (Å²) in [5.74, 6) is -5.28. The van der Waals surface area contributed by atoms with Gasteiger partial charge in [-0.2, -0.15) is 5.10 Å². The summed E-state index contributed by atoms with van der Waals surface area (Å²) in [6.45, 7) is 2.63. The predicted molar refractivity (Wildman–Crippen MR) is 46.3 cm³/mol. The summed E-state index contributed by atoms with van der Waals surface area (Å²) in [5, 5.41) is 12.8. The number of carbonyl (C=O) groups is 1. The summed E-state index contributed by atoms with van der Waals surface area (Å²) in [5.41, 5.74) is 0. The fourth-order valence-electron chi connectivity index (χ4n) is 1.29. The lowest BCUT2D eigenvalue weighted by atomic mass is 10.1. The van der Waals surface area contributed by atoms with Crippen LogP contribution in [0.15, 0.2) is 17.3 Å². The molecule has 0 radical (unpaired) electrons. The molecular weight excluding hydrogens is 194 g/mol. The standard InChI is InChI=1S/C8H10F2N2O2/c1-11-12-4-6(2-3-7(13)14)8(9,10)5-12/h2-3,6H,1,4-5H2,(H,13,14)/b3-2+. The van der Waals surface area contributed by atoms with E-state index in [4.69, 9.17) is 5.11 Å². The van der Waals surface area contributed by atoms with Crippen molar-refractivity contribution in [2.24, 2.45) is 11.0 Å². The molecule has 0 aromatic heterocycles. The SMILES string of the molecule is C=NN1CC(/C=C/C(=O)O)C(F)(F)C1. The van der Waals surface area contributed by atoms with Crippen LogP contribution in [0.5, 0.6) is 0 Å². The first-order valence-corrected chi connectivity index (χ1v) is 3.96. The molecule has 78 valence electrons. The van der Waals surface area contributed by atoms with Gasteiger partial charge in [0.2, 0.25) is 0 Å². The molecule has 0 spiro atoms. The van der Waals surface area contributed by atoms with Gasteiger partial charge in [0.15, 0.2) is 0 Å². The van der Waals surface area contributed by atoms with E-state index in [9.17, 15) is 13.6 Å². The first-order chi connectivity index (χ1) is 6.45. The van der Waals surface area contributed by atoms with Crippen LogP contribution in [-0.2, 0) is 4.79 Å². The second-order valence-corrected chi connectivity index (χ2v) is 3.05. The fourth-order valence-corrected chi connectivity index (χ4v) is 1.29. The van der Waals surface area contributed by atoms with Crippen molar-refractivity contribution in [1.82, 2.24) is 5.01 Å². The van der Waals surface area contributed by atoms with Crippen LogP contribution in [-0.4, -0.2) is 41.8 Å². The van der Waals surface area contributed by atoms with Crippen LogP contribution in [0.2, 0.25) is 0 Å². The minimum atomic E-state index is -2.94. The number of hydrogen-bond donors (Lipinski definition) is 1. The summed E-state index contributed by atoms with van der Waals surface area (Å²) in [6, 6.07) is 0. The zero-order chi connectivity index (χ0) is 10.8. The first kappa shape index (κ1) is 10.6. The quantitative estimate of drug-likeness (QED) is 0.546. The molecule has 4 nitrogen and oxygen atoms in total. The smallest absolute Gasteiger partial charge is 0.327 e. The molecule has 0 saturated carbocycles. The van der Waals surface area contributed by atoms with Crippen molar-refractivity contribution >= 4 is 12.7 Å². The summed E-state index contributed by atoms with van der Waals surface area (Å²) in [6.07, 6.45) is 1.72.